The molecule has 6 heteroatoms. The Morgan fingerprint density at radius 3 is 2.88 bits per heavy atom. The van der Waals surface area contributed by atoms with E-state index in [-0.39, 0.29) is 11.8 Å². The van der Waals surface area contributed by atoms with Crippen molar-refractivity contribution in [2.24, 2.45) is 0 Å². The molecule has 2 N–H and O–H groups in total. The Hall–Kier alpha value is -3.02. The van der Waals surface area contributed by atoms with Gasteiger partial charge in [0.2, 0.25) is 5.91 Å². The second-order valence-electron chi connectivity index (χ2n) is 6.10. The number of hydrogen-bond acceptors (Lipinski definition) is 4. The van der Waals surface area contributed by atoms with Crippen molar-refractivity contribution in [1.29, 1.82) is 0 Å². The minimum atomic E-state index is -0.140. The molecule has 0 unspecified atom stereocenters. The predicted molar refractivity (Wildman–Crippen MR) is 97.1 cm³/mol. The minimum Gasteiger partial charge on any atom is -0.491 e. The molecule has 0 fully saturated rings. The number of fused-ring (bicyclic) bond motifs is 1. The van der Waals surface area contributed by atoms with Crippen LogP contribution < -0.4 is 20.3 Å². The average molecular weight is 339 g/mol. The zero-order chi connectivity index (χ0) is 17.8. The summed E-state index contributed by atoms with van der Waals surface area (Å²) in [6.07, 6.45) is 0.336. The van der Waals surface area contributed by atoms with Crippen LogP contribution in [0.3, 0.4) is 0 Å². The van der Waals surface area contributed by atoms with Crippen molar-refractivity contribution in [2.75, 3.05) is 30.9 Å². The quantitative estimate of drug-likeness (QED) is 0.897. The summed E-state index contributed by atoms with van der Waals surface area (Å²) in [5.41, 5.74) is 3.11. The first-order chi connectivity index (χ1) is 12.0. The van der Waals surface area contributed by atoms with E-state index in [0.717, 1.165) is 11.3 Å². The predicted octanol–water partition coefficient (Wildman–Crippen LogP) is 2.40. The minimum absolute atomic E-state index is 0.0690. The highest BCUT2D eigenvalue weighted by molar-refractivity contribution is 5.95. The number of carbonyl (C=O) groups is 2. The second-order valence-corrected chi connectivity index (χ2v) is 6.10. The maximum absolute atomic E-state index is 12.4. The standard InChI is InChI=1S/C19H21N3O3/c1-22(2)15-5-3-4-14(11-15)19(24)20-12-13-6-7-17-16(10-13)21-18(23)8-9-25-17/h3-7,10-11H,8-9,12H2,1-2H3,(H,20,24)(H,21,23). The summed E-state index contributed by atoms with van der Waals surface area (Å²) in [7, 11) is 3.87. The van der Waals surface area contributed by atoms with Crippen molar-refractivity contribution in [2.45, 2.75) is 13.0 Å². The Kier molecular flexibility index (Phi) is 4.88. The lowest BCUT2D eigenvalue weighted by molar-refractivity contribution is -0.116. The largest absolute Gasteiger partial charge is 0.491 e. The van der Waals surface area contributed by atoms with E-state index in [1.807, 2.05) is 55.4 Å². The summed E-state index contributed by atoms with van der Waals surface area (Å²) in [5, 5.41) is 5.72. The van der Waals surface area contributed by atoms with Gasteiger partial charge in [-0.3, -0.25) is 9.59 Å². The highest BCUT2D eigenvalue weighted by Gasteiger charge is 2.14. The summed E-state index contributed by atoms with van der Waals surface area (Å²) in [4.78, 5) is 25.9. The third-order valence-electron chi connectivity index (χ3n) is 3.98. The van der Waals surface area contributed by atoms with E-state index in [9.17, 15) is 9.59 Å². The molecular formula is C19H21N3O3. The molecule has 1 aliphatic heterocycles. The Morgan fingerprint density at radius 2 is 2.08 bits per heavy atom. The van der Waals surface area contributed by atoms with E-state index in [2.05, 4.69) is 10.6 Å². The van der Waals surface area contributed by atoms with Crippen LogP contribution >= 0.6 is 0 Å². The summed E-state index contributed by atoms with van der Waals surface area (Å²) in [6.45, 7) is 0.741. The van der Waals surface area contributed by atoms with Crippen molar-refractivity contribution in [3.8, 4) is 5.75 Å². The molecule has 3 rings (SSSR count). The van der Waals surface area contributed by atoms with E-state index < -0.39 is 0 Å². The number of nitrogens with zero attached hydrogens (tertiary/aromatic N) is 1. The smallest absolute Gasteiger partial charge is 0.251 e. The van der Waals surface area contributed by atoms with Crippen LogP contribution in [0.2, 0.25) is 0 Å². The van der Waals surface area contributed by atoms with E-state index in [1.165, 1.54) is 0 Å². The molecule has 0 radical (unpaired) electrons. The first-order valence-corrected chi connectivity index (χ1v) is 8.14. The van der Waals surface area contributed by atoms with Crippen molar-refractivity contribution in [1.82, 2.24) is 5.32 Å². The topological polar surface area (TPSA) is 70.7 Å². The number of ether oxygens (including phenoxy) is 1. The Morgan fingerprint density at radius 1 is 1.24 bits per heavy atom. The number of anilines is 2. The van der Waals surface area contributed by atoms with Crippen LogP contribution in [0.15, 0.2) is 42.5 Å². The van der Waals surface area contributed by atoms with Gasteiger partial charge in [0.25, 0.3) is 5.91 Å². The zero-order valence-electron chi connectivity index (χ0n) is 14.3. The van der Waals surface area contributed by atoms with E-state index in [1.54, 1.807) is 6.07 Å². The fourth-order valence-corrected chi connectivity index (χ4v) is 2.59. The molecule has 0 bridgehead atoms. The number of amides is 2. The molecule has 0 spiro atoms. The highest BCUT2D eigenvalue weighted by atomic mass is 16.5. The number of carbonyl (C=O) groups excluding carboxylic acids is 2. The van der Waals surface area contributed by atoms with Gasteiger partial charge in [-0.25, -0.2) is 0 Å². The molecule has 0 aliphatic carbocycles. The highest BCUT2D eigenvalue weighted by Crippen LogP contribution is 2.28. The fourth-order valence-electron chi connectivity index (χ4n) is 2.59. The van der Waals surface area contributed by atoms with Gasteiger partial charge in [0, 0.05) is 31.9 Å². The molecule has 0 saturated heterocycles. The monoisotopic (exact) mass is 339 g/mol. The Balaban J connectivity index is 1.68. The van der Waals surface area contributed by atoms with Gasteiger partial charge in [0.15, 0.2) is 0 Å². The number of nitrogens with one attached hydrogen (secondary N) is 2. The van der Waals surface area contributed by atoms with Gasteiger partial charge in [-0.15, -0.1) is 0 Å². The SMILES string of the molecule is CN(C)c1cccc(C(=O)NCc2ccc3c(c2)NC(=O)CCO3)c1. The van der Waals surface area contributed by atoms with Crippen molar-refractivity contribution in [3.05, 3.63) is 53.6 Å². The summed E-state index contributed by atoms with van der Waals surface area (Å²) >= 11 is 0. The van der Waals surface area contributed by atoms with Crippen molar-refractivity contribution in [3.63, 3.8) is 0 Å². The maximum Gasteiger partial charge on any atom is 0.251 e. The normalized spacial score (nSPS) is 13.1. The number of rotatable bonds is 4. The molecule has 25 heavy (non-hydrogen) atoms. The van der Waals surface area contributed by atoms with Gasteiger partial charge < -0.3 is 20.3 Å². The first kappa shape index (κ1) is 16.8. The summed E-state index contributed by atoms with van der Waals surface area (Å²) in [6, 6.07) is 13.0. The third-order valence-corrected chi connectivity index (χ3v) is 3.98. The van der Waals surface area contributed by atoms with E-state index in [0.29, 0.717) is 36.6 Å². The molecule has 130 valence electrons. The fraction of sp³-hybridized carbons (Fsp3) is 0.263. The van der Waals surface area contributed by atoms with Gasteiger partial charge in [-0.05, 0) is 35.9 Å². The van der Waals surface area contributed by atoms with Crippen LogP contribution in [0.1, 0.15) is 22.3 Å². The van der Waals surface area contributed by atoms with Gasteiger partial charge in [0.05, 0.1) is 18.7 Å². The van der Waals surface area contributed by atoms with Crippen LogP contribution in [0.25, 0.3) is 0 Å². The van der Waals surface area contributed by atoms with Gasteiger partial charge in [-0.2, -0.15) is 0 Å². The van der Waals surface area contributed by atoms with Gasteiger partial charge in [-0.1, -0.05) is 12.1 Å². The number of benzene rings is 2. The molecular weight excluding hydrogens is 318 g/mol. The average Bonchev–Trinajstić information content (AvgIpc) is 2.79. The molecule has 2 aromatic carbocycles. The van der Waals surface area contributed by atoms with Crippen LogP contribution in [0.4, 0.5) is 11.4 Å². The van der Waals surface area contributed by atoms with Crippen LogP contribution in [0.5, 0.6) is 5.75 Å². The van der Waals surface area contributed by atoms with Crippen LogP contribution in [-0.2, 0) is 11.3 Å². The Bertz CT molecular complexity index is 802. The van der Waals surface area contributed by atoms with Crippen LogP contribution in [-0.4, -0.2) is 32.5 Å². The third kappa shape index (κ3) is 4.09. The van der Waals surface area contributed by atoms with Gasteiger partial charge in [0.1, 0.15) is 5.75 Å². The Labute approximate surface area is 146 Å². The van der Waals surface area contributed by atoms with E-state index in [4.69, 9.17) is 4.74 Å². The zero-order valence-corrected chi connectivity index (χ0v) is 14.3. The molecule has 2 aromatic rings. The summed E-state index contributed by atoms with van der Waals surface area (Å²) in [5.74, 6) is 0.443. The lowest BCUT2D eigenvalue weighted by Gasteiger charge is -2.14. The molecule has 0 saturated carbocycles. The van der Waals surface area contributed by atoms with E-state index >= 15 is 0 Å². The number of hydrogen-bond donors (Lipinski definition) is 2. The van der Waals surface area contributed by atoms with Crippen LogP contribution in [0, 0.1) is 0 Å². The molecule has 2 amide bonds. The summed E-state index contributed by atoms with van der Waals surface area (Å²) < 4.78 is 5.53. The van der Waals surface area contributed by atoms with Gasteiger partial charge >= 0.3 is 0 Å². The molecule has 0 atom stereocenters. The maximum atomic E-state index is 12.4. The van der Waals surface area contributed by atoms with Crippen molar-refractivity contribution < 1.29 is 14.3 Å². The molecule has 0 aromatic heterocycles. The lowest BCUT2D eigenvalue weighted by Crippen LogP contribution is -2.23. The molecule has 1 heterocycles. The second kappa shape index (κ2) is 7.25. The molecule has 6 nitrogen and oxygen atoms in total. The van der Waals surface area contributed by atoms with Crippen molar-refractivity contribution >= 4 is 23.2 Å². The first-order valence-electron chi connectivity index (χ1n) is 8.14. The lowest BCUT2D eigenvalue weighted by atomic mass is 10.1. The molecule has 1 aliphatic rings.